The second-order valence-corrected chi connectivity index (χ2v) is 9.91. The number of imidazole rings is 1. The Morgan fingerprint density at radius 1 is 1.00 bits per heavy atom. The van der Waals surface area contributed by atoms with E-state index in [0.717, 1.165) is 79.8 Å². The SMILES string of the molecule is COc1ccc(OC)c(CN2CCc3nc(-c4ccc(C(=O)NCCN5CCCC5)cc4)n(C)c3C2)c1. The minimum atomic E-state index is -0.0199. The van der Waals surface area contributed by atoms with Gasteiger partial charge >= 0.3 is 0 Å². The van der Waals surface area contributed by atoms with Crippen LogP contribution in [0.4, 0.5) is 0 Å². The van der Waals surface area contributed by atoms with Crippen LogP contribution in [-0.2, 0) is 26.6 Å². The van der Waals surface area contributed by atoms with Gasteiger partial charge in [-0.25, -0.2) is 4.98 Å². The van der Waals surface area contributed by atoms with E-state index in [1.807, 2.05) is 42.5 Å². The molecule has 1 N–H and O–H groups in total. The summed E-state index contributed by atoms with van der Waals surface area (Å²) < 4.78 is 13.2. The molecule has 2 aliphatic rings. The molecule has 5 rings (SSSR count). The predicted molar refractivity (Wildman–Crippen MR) is 144 cm³/mol. The van der Waals surface area contributed by atoms with Gasteiger partial charge in [0.15, 0.2) is 0 Å². The van der Waals surface area contributed by atoms with E-state index in [1.165, 1.54) is 18.5 Å². The van der Waals surface area contributed by atoms with E-state index in [2.05, 4.69) is 26.7 Å². The largest absolute Gasteiger partial charge is 0.497 e. The Labute approximate surface area is 219 Å². The number of carbonyl (C=O) groups excluding carboxylic acids is 1. The van der Waals surface area contributed by atoms with Crippen molar-refractivity contribution in [3.05, 3.63) is 65.0 Å². The van der Waals surface area contributed by atoms with Gasteiger partial charge in [0, 0.05) is 62.9 Å². The normalized spacial score (nSPS) is 16.0. The fourth-order valence-corrected chi connectivity index (χ4v) is 5.39. The van der Waals surface area contributed by atoms with Crippen molar-refractivity contribution in [3.63, 3.8) is 0 Å². The van der Waals surface area contributed by atoms with Gasteiger partial charge in [0.1, 0.15) is 17.3 Å². The second kappa shape index (κ2) is 11.4. The van der Waals surface area contributed by atoms with Crippen molar-refractivity contribution in [2.75, 3.05) is 46.9 Å². The van der Waals surface area contributed by atoms with Gasteiger partial charge in [-0.05, 0) is 56.3 Å². The second-order valence-electron chi connectivity index (χ2n) is 9.91. The van der Waals surface area contributed by atoms with Crippen LogP contribution in [0.15, 0.2) is 42.5 Å². The molecule has 0 aliphatic carbocycles. The first-order valence-corrected chi connectivity index (χ1v) is 13.1. The fraction of sp³-hybridized carbons (Fsp3) is 0.448. The van der Waals surface area contributed by atoms with Crippen LogP contribution in [0.1, 0.15) is 40.2 Å². The van der Waals surface area contributed by atoms with Crippen LogP contribution >= 0.6 is 0 Å². The topological polar surface area (TPSA) is 71.9 Å². The molecule has 8 heteroatoms. The van der Waals surface area contributed by atoms with Crippen molar-refractivity contribution in [1.82, 2.24) is 24.7 Å². The number of nitrogens with zero attached hydrogens (tertiary/aromatic N) is 4. The van der Waals surface area contributed by atoms with Crippen LogP contribution in [0.3, 0.4) is 0 Å². The number of nitrogens with one attached hydrogen (secondary N) is 1. The Balaban J connectivity index is 1.24. The number of aromatic nitrogens is 2. The lowest BCUT2D eigenvalue weighted by molar-refractivity contribution is 0.0949. The third-order valence-electron chi connectivity index (χ3n) is 7.53. The van der Waals surface area contributed by atoms with Crippen molar-refractivity contribution in [2.24, 2.45) is 7.05 Å². The maximum absolute atomic E-state index is 12.6. The third kappa shape index (κ3) is 5.65. The van der Waals surface area contributed by atoms with E-state index in [1.54, 1.807) is 14.2 Å². The predicted octanol–water partition coefficient (Wildman–Crippen LogP) is 3.49. The van der Waals surface area contributed by atoms with Crippen LogP contribution < -0.4 is 14.8 Å². The van der Waals surface area contributed by atoms with Gasteiger partial charge in [0.2, 0.25) is 0 Å². The number of rotatable bonds is 9. The zero-order chi connectivity index (χ0) is 25.8. The molecule has 3 heterocycles. The van der Waals surface area contributed by atoms with Crippen LogP contribution in [0.25, 0.3) is 11.4 Å². The molecule has 0 unspecified atom stereocenters. The van der Waals surface area contributed by atoms with Gasteiger partial charge < -0.3 is 24.3 Å². The minimum Gasteiger partial charge on any atom is -0.497 e. The first-order chi connectivity index (χ1) is 18.1. The number of carbonyl (C=O) groups is 1. The maximum Gasteiger partial charge on any atom is 0.251 e. The standard InChI is InChI=1S/C29H37N5O3/c1-32-26-20-34(19-23-18-24(36-2)10-11-27(23)37-3)16-12-25(26)31-28(32)21-6-8-22(9-7-21)29(35)30-13-17-33-14-4-5-15-33/h6-11,18H,4-5,12-17,19-20H2,1-3H3,(H,30,35). The van der Waals surface area contributed by atoms with Crippen molar-refractivity contribution in [2.45, 2.75) is 32.4 Å². The van der Waals surface area contributed by atoms with Crippen molar-refractivity contribution < 1.29 is 14.3 Å². The van der Waals surface area contributed by atoms with E-state index < -0.39 is 0 Å². The van der Waals surface area contributed by atoms with E-state index in [-0.39, 0.29) is 5.91 Å². The molecule has 0 bridgehead atoms. The summed E-state index contributed by atoms with van der Waals surface area (Å²) in [6.45, 7) is 6.42. The average molecular weight is 504 g/mol. The van der Waals surface area contributed by atoms with Crippen molar-refractivity contribution in [3.8, 4) is 22.9 Å². The summed E-state index contributed by atoms with van der Waals surface area (Å²) in [5, 5.41) is 3.05. The summed E-state index contributed by atoms with van der Waals surface area (Å²) in [6.07, 6.45) is 3.43. The van der Waals surface area contributed by atoms with Gasteiger partial charge in [-0.2, -0.15) is 0 Å². The minimum absolute atomic E-state index is 0.0199. The Bertz CT molecular complexity index is 1230. The number of amides is 1. The molecule has 1 saturated heterocycles. The van der Waals surface area contributed by atoms with Gasteiger partial charge in [-0.1, -0.05) is 12.1 Å². The highest BCUT2D eigenvalue weighted by atomic mass is 16.5. The highest BCUT2D eigenvalue weighted by Crippen LogP contribution is 2.30. The van der Waals surface area contributed by atoms with Gasteiger partial charge in [-0.3, -0.25) is 9.69 Å². The smallest absolute Gasteiger partial charge is 0.251 e. The molecule has 3 aromatic rings. The van der Waals surface area contributed by atoms with E-state index >= 15 is 0 Å². The third-order valence-corrected chi connectivity index (χ3v) is 7.53. The summed E-state index contributed by atoms with van der Waals surface area (Å²) in [6, 6.07) is 13.7. The van der Waals surface area contributed by atoms with Crippen LogP contribution in [-0.4, -0.2) is 72.2 Å². The molecule has 37 heavy (non-hydrogen) atoms. The summed E-state index contributed by atoms with van der Waals surface area (Å²) in [5.41, 5.74) is 5.19. The highest BCUT2D eigenvalue weighted by Gasteiger charge is 2.24. The quantitative estimate of drug-likeness (QED) is 0.482. The zero-order valence-electron chi connectivity index (χ0n) is 22.1. The van der Waals surface area contributed by atoms with Gasteiger partial charge in [-0.15, -0.1) is 0 Å². The molecule has 1 aromatic heterocycles. The Kier molecular flexibility index (Phi) is 7.76. The molecule has 0 radical (unpaired) electrons. The maximum atomic E-state index is 12.6. The molecule has 1 amide bonds. The summed E-state index contributed by atoms with van der Waals surface area (Å²) in [5.74, 6) is 2.62. The lowest BCUT2D eigenvalue weighted by atomic mass is 10.1. The van der Waals surface area contributed by atoms with Crippen LogP contribution in [0.5, 0.6) is 11.5 Å². The van der Waals surface area contributed by atoms with Crippen molar-refractivity contribution >= 4 is 5.91 Å². The molecule has 0 atom stereocenters. The van der Waals surface area contributed by atoms with E-state index in [0.29, 0.717) is 12.1 Å². The summed E-state index contributed by atoms with van der Waals surface area (Å²) in [7, 11) is 5.47. The molecular weight excluding hydrogens is 466 g/mol. The summed E-state index contributed by atoms with van der Waals surface area (Å²) >= 11 is 0. The number of benzene rings is 2. The summed E-state index contributed by atoms with van der Waals surface area (Å²) in [4.78, 5) is 22.4. The Morgan fingerprint density at radius 3 is 2.51 bits per heavy atom. The fourth-order valence-electron chi connectivity index (χ4n) is 5.39. The first-order valence-electron chi connectivity index (χ1n) is 13.1. The number of likely N-dealkylation sites (tertiary alicyclic amines) is 1. The number of hydrogen-bond donors (Lipinski definition) is 1. The monoisotopic (exact) mass is 503 g/mol. The number of fused-ring (bicyclic) bond motifs is 1. The molecule has 1 fully saturated rings. The molecule has 8 nitrogen and oxygen atoms in total. The van der Waals surface area contributed by atoms with E-state index in [9.17, 15) is 4.79 Å². The molecule has 0 saturated carbocycles. The highest BCUT2D eigenvalue weighted by molar-refractivity contribution is 5.94. The zero-order valence-corrected chi connectivity index (χ0v) is 22.1. The molecule has 2 aliphatic heterocycles. The van der Waals surface area contributed by atoms with Crippen molar-refractivity contribution in [1.29, 1.82) is 0 Å². The van der Waals surface area contributed by atoms with E-state index in [4.69, 9.17) is 14.5 Å². The average Bonchev–Trinajstić information content (AvgIpc) is 3.56. The molecule has 196 valence electrons. The number of methoxy groups -OCH3 is 2. The lowest BCUT2D eigenvalue weighted by Gasteiger charge is -2.27. The van der Waals surface area contributed by atoms with Gasteiger partial charge in [0.05, 0.1) is 25.6 Å². The van der Waals surface area contributed by atoms with Crippen LogP contribution in [0, 0.1) is 0 Å². The molecular formula is C29H37N5O3. The van der Waals surface area contributed by atoms with Crippen LogP contribution in [0.2, 0.25) is 0 Å². The van der Waals surface area contributed by atoms with Gasteiger partial charge in [0.25, 0.3) is 5.91 Å². The Morgan fingerprint density at radius 2 is 1.78 bits per heavy atom. The first kappa shape index (κ1) is 25.3. The Hall–Kier alpha value is -3.36. The molecule has 2 aromatic carbocycles. The molecule has 0 spiro atoms. The number of ether oxygens (including phenoxy) is 2. The number of hydrogen-bond acceptors (Lipinski definition) is 6. The lowest BCUT2D eigenvalue weighted by Crippen LogP contribution is -2.33.